The average Bonchev–Trinajstić information content (AvgIpc) is 2.30. The third kappa shape index (κ3) is 3.79. The molecule has 0 aliphatic heterocycles. The zero-order chi connectivity index (χ0) is 13.1. The van der Waals surface area contributed by atoms with Crippen LogP contribution in [0.1, 0.15) is 19.4 Å². The molecule has 0 fully saturated rings. The standard InChI is InChI=1S/C13H20ClNO2/c1-9-5-12(17-4)11(6-10(9)14)15-7-13(2,3)8-16/h5-6,15-16H,7-8H2,1-4H3. The molecule has 0 heterocycles. The van der Waals surface area contributed by atoms with Gasteiger partial charge in [-0.05, 0) is 24.6 Å². The molecule has 0 saturated heterocycles. The van der Waals surface area contributed by atoms with Gasteiger partial charge in [0.15, 0.2) is 0 Å². The Balaban J connectivity index is 2.87. The Morgan fingerprint density at radius 1 is 1.41 bits per heavy atom. The van der Waals surface area contributed by atoms with E-state index in [1.807, 2.05) is 32.9 Å². The number of ether oxygens (including phenoxy) is 1. The number of rotatable bonds is 5. The first-order valence-corrected chi connectivity index (χ1v) is 5.96. The van der Waals surface area contributed by atoms with Gasteiger partial charge in [-0.25, -0.2) is 0 Å². The van der Waals surface area contributed by atoms with Gasteiger partial charge in [-0.15, -0.1) is 0 Å². The first kappa shape index (κ1) is 14.1. The summed E-state index contributed by atoms with van der Waals surface area (Å²) in [5.74, 6) is 0.764. The number of hydrogen-bond donors (Lipinski definition) is 2. The minimum Gasteiger partial charge on any atom is -0.495 e. The summed E-state index contributed by atoms with van der Waals surface area (Å²) < 4.78 is 5.30. The molecule has 0 bridgehead atoms. The molecular weight excluding hydrogens is 238 g/mol. The van der Waals surface area contributed by atoms with E-state index in [-0.39, 0.29) is 12.0 Å². The molecule has 0 saturated carbocycles. The van der Waals surface area contributed by atoms with Crippen molar-refractivity contribution in [1.29, 1.82) is 0 Å². The van der Waals surface area contributed by atoms with Gasteiger partial charge >= 0.3 is 0 Å². The Hall–Kier alpha value is -0.930. The van der Waals surface area contributed by atoms with Crippen molar-refractivity contribution in [2.45, 2.75) is 20.8 Å². The third-order valence-electron chi connectivity index (χ3n) is 2.67. The fraction of sp³-hybridized carbons (Fsp3) is 0.538. The molecule has 17 heavy (non-hydrogen) atoms. The molecule has 4 heteroatoms. The van der Waals surface area contributed by atoms with E-state index in [0.29, 0.717) is 11.6 Å². The van der Waals surface area contributed by atoms with E-state index < -0.39 is 0 Å². The van der Waals surface area contributed by atoms with E-state index in [9.17, 15) is 5.11 Å². The van der Waals surface area contributed by atoms with Crippen LogP contribution in [0.5, 0.6) is 5.75 Å². The summed E-state index contributed by atoms with van der Waals surface area (Å²) in [6, 6.07) is 3.75. The number of anilines is 1. The maximum atomic E-state index is 9.20. The molecule has 3 nitrogen and oxygen atoms in total. The molecule has 1 aromatic rings. The van der Waals surface area contributed by atoms with E-state index >= 15 is 0 Å². The molecule has 0 unspecified atom stereocenters. The number of benzene rings is 1. The maximum absolute atomic E-state index is 9.20. The lowest BCUT2D eigenvalue weighted by Gasteiger charge is -2.23. The van der Waals surface area contributed by atoms with Gasteiger partial charge in [0.05, 0.1) is 12.8 Å². The fourth-order valence-electron chi connectivity index (χ4n) is 1.35. The zero-order valence-electron chi connectivity index (χ0n) is 10.8. The second-order valence-electron chi connectivity index (χ2n) is 4.98. The molecule has 0 radical (unpaired) electrons. The van der Waals surface area contributed by atoms with Crippen LogP contribution in [0.3, 0.4) is 0 Å². The zero-order valence-corrected chi connectivity index (χ0v) is 11.6. The molecule has 0 aromatic heterocycles. The molecule has 0 aliphatic carbocycles. The molecule has 0 amide bonds. The van der Waals surface area contributed by atoms with Crippen molar-refractivity contribution in [3.8, 4) is 5.75 Å². The Morgan fingerprint density at radius 3 is 2.59 bits per heavy atom. The smallest absolute Gasteiger partial charge is 0.142 e. The first-order chi connectivity index (χ1) is 7.89. The van der Waals surface area contributed by atoms with Crippen molar-refractivity contribution >= 4 is 17.3 Å². The summed E-state index contributed by atoms with van der Waals surface area (Å²) in [5.41, 5.74) is 1.66. The van der Waals surface area contributed by atoms with Gasteiger partial charge in [0.2, 0.25) is 0 Å². The Kier molecular flexibility index (Phi) is 4.66. The third-order valence-corrected chi connectivity index (χ3v) is 3.07. The number of aryl methyl sites for hydroxylation is 1. The van der Waals surface area contributed by atoms with Crippen LogP contribution in [-0.2, 0) is 0 Å². The molecular formula is C13H20ClNO2. The predicted molar refractivity (Wildman–Crippen MR) is 72.1 cm³/mol. The highest BCUT2D eigenvalue weighted by Crippen LogP contribution is 2.31. The van der Waals surface area contributed by atoms with E-state index in [2.05, 4.69) is 5.32 Å². The highest BCUT2D eigenvalue weighted by molar-refractivity contribution is 6.31. The first-order valence-electron chi connectivity index (χ1n) is 5.58. The van der Waals surface area contributed by atoms with Crippen LogP contribution in [-0.4, -0.2) is 25.4 Å². The highest BCUT2D eigenvalue weighted by atomic mass is 35.5. The Bertz CT molecular complexity index is 391. The molecule has 1 rings (SSSR count). The van der Waals surface area contributed by atoms with Crippen LogP contribution in [0.15, 0.2) is 12.1 Å². The topological polar surface area (TPSA) is 41.5 Å². The van der Waals surface area contributed by atoms with Gasteiger partial charge in [0.25, 0.3) is 0 Å². The van der Waals surface area contributed by atoms with Crippen LogP contribution in [0.2, 0.25) is 5.02 Å². The van der Waals surface area contributed by atoms with Crippen LogP contribution in [0, 0.1) is 12.3 Å². The molecule has 0 atom stereocenters. The second-order valence-corrected chi connectivity index (χ2v) is 5.38. The summed E-state index contributed by atoms with van der Waals surface area (Å²) in [6.07, 6.45) is 0. The summed E-state index contributed by atoms with van der Waals surface area (Å²) in [4.78, 5) is 0. The number of hydrogen-bond acceptors (Lipinski definition) is 3. The predicted octanol–water partition coefficient (Wildman–Crippen LogP) is 3.09. The van der Waals surface area contributed by atoms with Gasteiger partial charge < -0.3 is 15.2 Å². The van der Waals surface area contributed by atoms with Gasteiger partial charge in [0, 0.05) is 23.6 Å². The molecule has 96 valence electrons. The summed E-state index contributed by atoms with van der Waals surface area (Å²) in [6.45, 7) is 6.69. The van der Waals surface area contributed by atoms with Crippen molar-refractivity contribution in [3.05, 3.63) is 22.7 Å². The second kappa shape index (κ2) is 5.61. The molecule has 0 spiro atoms. The van der Waals surface area contributed by atoms with Crippen molar-refractivity contribution in [1.82, 2.24) is 0 Å². The maximum Gasteiger partial charge on any atom is 0.142 e. The van der Waals surface area contributed by atoms with Crippen LogP contribution in [0.4, 0.5) is 5.69 Å². The van der Waals surface area contributed by atoms with Crippen molar-refractivity contribution in [3.63, 3.8) is 0 Å². The van der Waals surface area contributed by atoms with E-state index in [1.54, 1.807) is 7.11 Å². The van der Waals surface area contributed by atoms with Crippen molar-refractivity contribution < 1.29 is 9.84 Å². The number of nitrogens with one attached hydrogen (secondary N) is 1. The van der Waals surface area contributed by atoms with E-state index in [1.165, 1.54) is 0 Å². The normalized spacial score (nSPS) is 11.4. The van der Waals surface area contributed by atoms with Crippen LogP contribution < -0.4 is 10.1 Å². The Labute approximate surface area is 108 Å². The fourth-order valence-corrected chi connectivity index (χ4v) is 1.52. The quantitative estimate of drug-likeness (QED) is 0.852. The van der Waals surface area contributed by atoms with Crippen LogP contribution in [0.25, 0.3) is 0 Å². The van der Waals surface area contributed by atoms with E-state index in [0.717, 1.165) is 17.0 Å². The van der Waals surface area contributed by atoms with Gasteiger partial charge in [-0.1, -0.05) is 25.4 Å². The molecule has 1 aromatic carbocycles. The van der Waals surface area contributed by atoms with Gasteiger partial charge in [-0.3, -0.25) is 0 Å². The SMILES string of the molecule is COc1cc(C)c(Cl)cc1NCC(C)(C)CO. The highest BCUT2D eigenvalue weighted by Gasteiger charge is 2.17. The lowest BCUT2D eigenvalue weighted by Crippen LogP contribution is -2.26. The monoisotopic (exact) mass is 257 g/mol. The van der Waals surface area contributed by atoms with Gasteiger partial charge in [0.1, 0.15) is 5.75 Å². The summed E-state index contributed by atoms with van der Waals surface area (Å²) >= 11 is 6.08. The minimum absolute atomic E-state index is 0.127. The van der Waals surface area contributed by atoms with Crippen LogP contribution >= 0.6 is 11.6 Å². The number of aliphatic hydroxyl groups is 1. The van der Waals surface area contributed by atoms with Gasteiger partial charge in [-0.2, -0.15) is 0 Å². The lowest BCUT2D eigenvalue weighted by molar-refractivity contribution is 0.170. The number of aliphatic hydroxyl groups excluding tert-OH is 1. The average molecular weight is 258 g/mol. The Morgan fingerprint density at radius 2 is 2.06 bits per heavy atom. The number of methoxy groups -OCH3 is 1. The molecule has 2 N–H and O–H groups in total. The van der Waals surface area contributed by atoms with Crippen molar-refractivity contribution in [2.75, 3.05) is 25.6 Å². The number of halogens is 1. The van der Waals surface area contributed by atoms with Crippen molar-refractivity contribution in [2.24, 2.45) is 5.41 Å². The lowest BCUT2D eigenvalue weighted by atomic mass is 9.95. The minimum atomic E-state index is -0.178. The summed E-state index contributed by atoms with van der Waals surface area (Å²) in [7, 11) is 1.63. The largest absolute Gasteiger partial charge is 0.495 e. The summed E-state index contributed by atoms with van der Waals surface area (Å²) in [5, 5.41) is 13.2. The molecule has 0 aliphatic rings. The van der Waals surface area contributed by atoms with E-state index in [4.69, 9.17) is 16.3 Å².